The van der Waals surface area contributed by atoms with Crippen molar-refractivity contribution in [2.75, 3.05) is 20.8 Å². The number of rotatable bonds is 8. The van der Waals surface area contributed by atoms with Crippen LogP contribution in [0.15, 0.2) is 30.6 Å². The van der Waals surface area contributed by atoms with Crippen LogP contribution >= 0.6 is 0 Å². The molecule has 0 aliphatic carbocycles. The summed E-state index contributed by atoms with van der Waals surface area (Å²) in [5.41, 5.74) is 1.79. The number of hydrogen-bond acceptors (Lipinski definition) is 4. The number of hydrogen-bond donors (Lipinski definition) is 1. The predicted octanol–water partition coefficient (Wildman–Crippen LogP) is 2.79. The van der Waals surface area contributed by atoms with E-state index in [-0.39, 0.29) is 0 Å². The maximum Gasteiger partial charge on any atom is 0.408 e. The van der Waals surface area contributed by atoms with Gasteiger partial charge in [0.05, 0.1) is 20.4 Å². The number of halogens is 3. The molecule has 0 atom stereocenters. The van der Waals surface area contributed by atoms with Crippen LogP contribution in [0, 0.1) is 0 Å². The van der Waals surface area contributed by atoms with E-state index in [9.17, 15) is 13.2 Å². The molecule has 0 spiro atoms. The summed E-state index contributed by atoms with van der Waals surface area (Å²) >= 11 is 0. The Labute approximate surface area is 138 Å². The highest BCUT2D eigenvalue weighted by molar-refractivity contribution is 5.42. The molecule has 1 N–H and O–H groups in total. The summed E-state index contributed by atoms with van der Waals surface area (Å²) in [6.45, 7) is 0.0731. The molecule has 24 heavy (non-hydrogen) atoms. The number of benzene rings is 1. The third-order valence-corrected chi connectivity index (χ3v) is 3.40. The molecule has 0 bridgehead atoms. The molecule has 8 heteroatoms. The van der Waals surface area contributed by atoms with Crippen molar-refractivity contribution in [3.8, 4) is 11.5 Å². The number of methoxy groups -OCH3 is 2. The van der Waals surface area contributed by atoms with Gasteiger partial charge in [-0.3, -0.25) is 4.68 Å². The summed E-state index contributed by atoms with van der Waals surface area (Å²) in [4.78, 5) is 0. The van der Waals surface area contributed by atoms with E-state index in [1.807, 2.05) is 18.2 Å². The van der Waals surface area contributed by atoms with Crippen molar-refractivity contribution in [2.45, 2.75) is 25.7 Å². The lowest BCUT2D eigenvalue weighted by Gasteiger charge is -2.10. The van der Waals surface area contributed by atoms with Gasteiger partial charge in [-0.15, -0.1) is 0 Å². The molecule has 0 aliphatic heterocycles. The first kappa shape index (κ1) is 18.1. The van der Waals surface area contributed by atoms with Crippen LogP contribution in [0.5, 0.6) is 11.5 Å². The Morgan fingerprint density at radius 2 is 1.88 bits per heavy atom. The Bertz CT molecular complexity index is 656. The summed E-state index contributed by atoms with van der Waals surface area (Å²) in [5.74, 6) is 1.34. The highest BCUT2D eigenvalue weighted by Gasteiger charge is 2.28. The number of nitrogens with zero attached hydrogens (tertiary/aromatic N) is 2. The average molecular weight is 343 g/mol. The smallest absolute Gasteiger partial charge is 0.408 e. The van der Waals surface area contributed by atoms with Crippen molar-refractivity contribution >= 4 is 0 Å². The molecule has 132 valence electrons. The molecule has 2 aromatic rings. The largest absolute Gasteiger partial charge is 0.493 e. The molecule has 0 unspecified atom stereocenters. The second-order valence-corrected chi connectivity index (χ2v) is 5.28. The van der Waals surface area contributed by atoms with Gasteiger partial charge < -0.3 is 14.8 Å². The van der Waals surface area contributed by atoms with E-state index >= 15 is 0 Å². The molecule has 0 saturated heterocycles. The summed E-state index contributed by atoms with van der Waals surface area (Å²) in [7, 11) is 3.16. The van der Waals surface area contributed by atoms with Crippen LogP contribution < -0.4 is 14.8 Å². The quantitative estimate of drug-likeness (QED) is 0.749. The maximum absolute atomic E-state index is 12.3. The van der Waals surface area contributed by atoms with Crippen LogP contribution in [0.2, 0.25) is 0 Å². The van der Waals surface area contributed by atoms with Gasteiger partial charge in [0.25, 0.3) is 0 Å². The minimum atomic E-state index is -4.26. The zero-order valence-electron chi connectivity index (χ0n) is 13.6. The first-order valence-corrected chi connectivity index (χ1v) is 7.41. The summed E-state index contributed by atoms with van der Waals surface area (Å²) in [6.07, 6.45) is -0.659. The highest BCUT2D eigenvalue weighted by atomic mass is 19.4. The van der Waals surface area contributed by atoms with Crippen LogP contribution in [-0.2, 0) is 19.5 Å². The van der Waals surface area contributed by atoms with E-state index in [1.54, 1.807) is 14.2 Å². The van der Waals surface area contributed by atoms with E-state index in [2.05, 4.69) is 10.4 Å². The molecule has 0 aliphatic rings. The first-order valence-electron chi connectivity index (χ1n) is 7.41. The summed E-state index contributed by atoms with van der Waals surface area (Å²) < 4.78 is 48.1. The SMILES string of the molecule is COc1ccc(CCNCc2cnn(CC(F)(F)F)c2)cc1OC. The highest BCUT2D eigenvalue weighted by Crippen LogP contribution is 2.27. The van der Waals surface area contributed by atoms with Crippen LogP contribution in [-0.4, -0.2) is 36.7 Å². The van der Waals surface area contributed by atoms with Crippen molar-refractivity contribution < 1.29 is 22.6 Å². The molecule has 1 aromatic heterocycles. The first-order chi connectivity index (χ1) is 11.4. The Balaban J connectivity index is 1.79. The molecule has 1 heterocycles. The Morgan fingerprint density at radius 3 is 2.54 bits per heavy atom. The van der Waals surface area contributed by atoms with Crippen molar-refractivity contribution in [1.82, 2.24) is 15.1 Å². The van der Waals surface area contributed by atoms with Gasteiger partial charge in [0.2, 0.25) is 0 Å². The zero-order valence-corrected chi connectivity index (χ0v) is 13.6. The molecule has 1 aromatic carbocycles. The normalized spacial score (nSPS) is 11.5. The molecule has 0 amide bonds. The molecule has 2 rings (SSSR count). The molecular weight excluding hydrogens is 323 g/mol. The second-order valence-electron chi connectivity index (χ2n) is 5.28. The lowest BCUT2D eigenvalue weighted by Crippen LogP contribution is -2.18. The Morgan fingerprint density at radius 1 is 1.12 bits per heavy atom. The fraction of sp³-hybridized carbons (Fsp3) is 0.438. The van der Waals surface area contributed by atoms with Crippen LogP contribution in [0.4, 0.5) is 13.2 Å². The minimum Gasteiger partial charge on any atom is -0.493 e. The Hall–Kier alpha value is -2.22. The van der Waals surface area contributed by atoms with Crippen molar-refractivity contribution in [2.24, 2.45) is 0 Å². The third kappa shape index (κ3) is 5.45. The molecule has 5 nitrogen and oxygen atoms in total. The molecule has 0 saturated carbocycles. The van der Waals surface area contributed by atoms with E-state index in [0.717, 1.165) is 16.7 Å². The van der Waals surface area contributed by atoms with Gasteiger partial charge in [0, 0.05) is 18.3 Å². The summed E-state index contributed by atoms with van der Waals surface area (Å²) in [6, 6.07) is 5.70. The van der Waals surface area contributed by atoms with E-state index < -0.39 is 12.7 Å². The van der Waals surface area contributed by atoms with Crippen LogP contribution in [0.3, 0.4) is 0 Å². The number of ether oxygens (including phenoxy) is 2. The molecule has 0 fully saturated rings. The van der Waals surface area contributed by atoms with E-state index in [4.69, 9.17) is 9.47 Å². The maximum atomic E-state index is 12.3. The average Bonchev–Trinajstić information content (AvgIpc) is 2.96. The van der Waals surface area contributed by atoms with E-state index in [1.165, 1.54) is 12.4 Å². The molecule has 0 radical (unpaired) electrons. The standard InChI is InChI=1S/C16H20F3N3O2/c1-23-14-4-3-12(7-15(14)24-2)5-6-20-8-13-9-21-22(10-13)11-16(17,18)19/h3-4,7,9-10,20H,5-6,8,11H2,1-2H3. The Kier molecular flexibility index (Phi) is 6.08. The molecular formula is C16H20F3N3O2. The fourth-order valence-corrected chi connectivity index (χ4v) is 2.27. The third-order valence-electron chi connectivity index (χ3n) is 3.40. The number of aromatic nitrogens is 2. The van der Waals surface area contributed by atoms with Gasteiger partial charge in [-0.25, -0.2) is 0 Å². The van der Waals surface area contributed by atoms with Crippen LogP contribution in [0.25, 0.3) is 0 Å². The fourth-order valence-electron chi connectivity index (χ4n) is 2.27. The predicted molar refractivity (Wildman–Crippen MR) is 83.2 cm³/mol. The van der Waals surface area contributed by atoms with Crippen molar-refractivity contribution in [3.63, 3.8) is 0 Å². The number of alkyl halides is 3. The topological polar surface area (TPSA) is 48.3 Å². The lowest BCUT2D eigenvalue weighted by atomic mass is 10.1. The van der Waals surface area contributed by atoms with Crippen LogP contribution in [0.1, 0.15) is 11.1 Å². The minimum absolute atomic E-state index is 0.463. The summed E-state index contributed by atoms with van der Waals surface area (Å²) in [5, 5.41) is 6.89. The van der Waals surface area contributed by atoms with Gasteiger partial charge in [-0.1, -0.05) is 6.07 Å². The van der Waals surface area contributed by atoms with Gasteiger partial charge in [0.1, 0.15) is 6.54 Å². The van der Waals surface area contributed by atoms with Gasteiger partial charge in [-0.05, 0) is 30.7 Å². The monoisotopic (exact) mass is 343 g/mol. The lowest BCUT2D eigenvalue weighted by molar-refractivity contribution is -0.142. The van der Waals surface area contributed by atoms with Gasteiger partial charge in [0.15, 0.2) is 11.5 Å². The second kappa shape index (κ2) is 8.05. The zero-order chi connectivity index (χ0) is 17.6. The van der Waals surface area contributed by atoms with Crippen molar-refractivity contribution in [3.05, 3.63) is 41.7 Å². The van der Waals surface area contributed by atoms with Gasteiger partial charge in [-0.2, -0.15) is 18.3 Å². The number of nitrogens with one attached hydrogen (secondary N) is 1. The van der Waals surface area contributed by atoms with E-state index in [0.29, 0.717) is 30.2 Å². The van der Waals surface area contributed by atoms with Gasteiger partial charge >= 0.3 is 6.18 Å². The van der Waals surface area contributed by atoms with Crippen molar-refractivity contribution in [1.29, 1.82) is 0 Å².